The summed E-state index contributed by atoms with van der Waals surface area (Å²) in [6.45, 7) is 4.29. The molecule has 0 amide bonds. The zero-order chi connectivity index (χ0) is 11.2. The number of thiophene rings is 1. The predicted octanol–water partition coefficient (Wildman–Crippen LogP) is 3.79. The fraction of sp³-hybridized carbons (Fsp3) is 0.545. The highest BCUT2D eigenvalue weighted by Crippen LogP contribution is 2.44. The van der Waals surface area contributed by atoms with Gasteiger partial charge in [-0.15, -0.1) is 11.3 Å². The Labute approximate surface area is 97.9 Å². The number of hydrogen-bond acceptors (Lipinski definition) is 2. The Kier molecular flexibility index (Phi) is 2.77. The van der Waals surface area contributed by atoms with Crippen molar-refractivity contribution in [3.63, 3.8) is 0 Å². The fourth-order valence-corrected chi connectivity index (χ4v) is 4.21. The fourth-order valence-electron chi connectivity index (χ4n) is 2.45. The lowest BCUT2D eigenvalue weighted by Crippen LogP contribution is -2.15. The van der Waals surface area contributed by atoms with Gasteiger partial charge in [0.05, 0.1) is 5.56 Å². The van der Waals surface area contributed by atoms with Gasteiger partial charge in [-0.3, -0.25) is 0 Å². The highest BCUT2D eigenvalue weighted by atomic mass is 35.5. The molecule has 0 saturated heterocycles. The van der Waals surface area contributed by atoms with E-state index in [4.69, 9.17) is 16.7 Å². The van der Waals surface area contributed by atoms with Gasteiger partial charge in [-0.05, 0) is 30.2 Å². The second kappa shape index (κ2) is 3.80. The van der Waals surface area contributed by atoms with E-state index in [0.717, 1.165) is 18.4 Å². The second-order valence-corrected chi connectivity index (χ2v) is 6.05. The van der Waals surface area contributed by atoms with Gasteiger partial charge in [-0.25, -0.2) is 4.79 Å². The van der Waals surface area contributed by atoms with E-state index >= 15 is 0 Å². The molecule has 0 spiro atoms. The minimum atomic E-state index is -0.890. The van der Waals surface area contributed by atoms with E-state index in [1.54, 1.807) is 0 Å². The zero-order valence-electron chi connectivity index (χ0n) is 8.71. The molecule has 1 aromatic rings. The maximum atomic E-state index is 11.1. The van der Waals surface area contributed by atoms with Crippen LogP contribution >= 0.6 is 22.9 Å². The van der Waals surface area contributed by atoms with Crippen LogP contribution in [0.4, 0.5) is 0 Å². The summed E-state index contributed by atoms with van der Waals surface area (Å²) in [5.74, 6) is 0.0568. The number of halogens is 1. The van der Waals surface area contributed by atoms with Crippen molar-refractivity contribution >= 4 is 28.9 Å². The molecule has 0 aromatic carbocycles. The van der Waals surface area contributed by atoms with Crippen LogP contribution in [0, 0.1) is 5.92 Å². The molecule has 1 N–H and O–H groups in total. The van der Waals surface area contributed by atoms with Crippen LogP contribution in [0.5, 0.6) is 0 Å². The smallest absolute Gasteiger partial charge is 0.338 e. The maximum Gasteiger partial charge on any atom is 0.338 e. The van der Waals surface area contributed by atoms with E-state index in [-0.39, 0.29) is 0 Å². The molecule has 2 nitrogen and oxygen atoms in total. The Bertz CT molecular complexity index is 411. The molecule has 4 heteroatoms. The third kappa shape index (κ3) is 1.79. The largest absolute Gasteiger partial charge is 0.478 e. The molecule has 2 unspecified atom stereocenters. The van der Waals surface area contributed by atoms with Crippen molar-refractivity contribution in [3.8, 4) is 0 Å². The summed E-state index contributed by atoms with van der Waals surface area (Å²) in [5, 5.41) is 9.12. The number of rotatable bonds is 1. The molecule has 0 bridgehead atoms. The molecular formula is C11H13ClO2S. The third-order valence-corrected chi connectivity index (χ3v) is 4.41. The van der Waals surface area contributed by atoms with Crippen molar-refractivity contribution in [2.45, 2.75) is 32.6 Å². The lowest BCUT2D eigenvalue weighted by Gasteiger charge is -2.24. The zero-order valence-corrected chi connectivity index (χ0v) is 10.3. The Morgan fingerprint density at radius 2 is 2.20 bits per heavy atom. The van der Waals surface area contributed by atoms with Crippen molar-refractivity contribution < 1.29 is 9.90 Å². The number of hydrogen-bond donors (Lipinski definition) is 1. The van der Waals surface area contributed by atoms with Gasteiger partial charge < -0.3 is 5.11 Å². The van der Waals surface area contributed by atoms with E-state index < -0.39 is 5.97 Å². The van der Waals surface area contributed by atoms with E-state index in [9.17, 15) is 4.79 Å². The van der Waals surface area contributed by atoms with E-state index in [1.165, 1.54) is 16.2 Å². The summed E-state index contributed by atoms with van der Waals surface area (Å²) in [6, 6.07) is 0. The highest BCUT2D eigenvalue weighted by Gasteiger charge is 2.30. The lowest BCUT2D eigenvalue weighted by molar-refractivity contribution is 0.0695. The second-order valence-electron chi connectivity index (χ2n) is 4.34. The lowest BCUT2D eigenvalue weighted by atomic mass is 9.81. The van der Waals surface area contributed by atoms with Crippen molar-refractivity contribution in [1.82, 2.24) is 0 Å². The van der Waals surface area contributed by atoms with Gasteiger partial charge in [0.2, 0.25) is 0 Å². The van der Waals surface area contributed by atoms with E-state index in [1.807, 2.05) is 0 Å². The van der Waals surface area contributed by atoms with Gasteiger partial charge >= 0.3 is 5.97 Å². The van der Waals surface area contributed by atoms with Crippen LogP contribution in [0.1, 0.15) is 47.0 Å². The molecule has 2 rings (SSSR count). The van der Waals surface area contributed by atoms with Crippen LogP contribution in [0.2, 0.25) is 4.34 Å². The first kappa shape index (κ1) is 11.0. The molecule has 15 heavy (non-hydrogen) atoms. The molecule has 1 aromatic heterocycles. The third-order valence-electron chi connectivity index (χ3n) is 2.98. The quantitative estimate of drug-likeness (QED) is 0.816. The van der Waals surface area contributed by atoms with Gasteiger partial charge in [0.1, 0.15) is 4.34 Å². The van der Waals surface area contributed by atoms with Gasteiger partial charge in [0, 0.05) is 4.88 Å². The Morgan fingerprint density at radius 1 is 1.53 bits per heavy atom. The normalized spacial score (nSPS) is 25.0. The summed E-state index contributed by atoms with van der Waals surface area (Å²) in [6.07, 6.45) is 2.03. The molecule has 82 valence electrons. The number of aromatic carboxylic acids is 1. The van der Waals surface area contributed by atoms with Crippen LogP contribution < -0.4 is 0 Å². The summed E-state index contributed by atoms with van der Waals surface area (Å²) < 4.78 is 0.438. The van der Waals surface area contributed by atoms with Crippen LogP contribution in [0.15, 0.2) is 0 Å². The van der Waals surface area contributed by atoms with Crippen LogP contribution in [-0.2, 0) is 6.42 Å². The molecule has 0 aliphatic heterocycles. The van der Waals surface area contributed by atoms with Crippen LogP contribution in [0.3, 0.4) is 0 Å². The average Bonchev–Trinajstić information content (AvgIpc) is 2.40. The van der Waals surface area contributed by atoms with E-state index in [0.29, 0.717) is 21.7 Å². The molecule has 1 aliphatic carbocycles. The van der Waals surface area contributed by atoms with Gasteiger partial charge in [-0.1, -0.05) is 25.4 Å². The average molecular weight is 245 g/mol. The van der Waals surface area contributed by atoms with Gasteiger partial charge in [0.15, 0.2) is 0 Å². The number of carboxylic acid groups (broad SMARTS) is 1. The first-order valence-corrected chi connectivity index (χ1v) is 6.24. The molecule has 0 saturated carbocycles. The van der Waals surface area contributed by atoms with E-state index in [2.05, 4.69) is 13.8 Å². The minimum Gasteiger partial charge on any atom is -0.478 e. The number of fused-ring (bicyclic) bond motifs is 1. The Morgan fingerprint density at radius 3 is 2.80 bits per heavy atom. The maximum absolute atomic E-state index is 11.1. The van der Waals surface area contributed by atoms with Crippen LogP contribution in [0.25, 0.3) is 0 Å². The standard InChI is InChI=1S/C11H13ClO2S/c1-5-3-6(2)8-7(4-5)15-10(12)9(8)11(13)14/h5-6H,3-4H2,1-2H3,(H,13,14). The first-order chi connectivity index (χ1) is 7.00. The Hall–Kier alpha value is -0.540. The predicted molar refractivity (Wildman–Crippen MR) is 62.2 cm³/mol. The Balaban J connectivity index is 2.56. The van der Waals surface area contributed by atoms with Crippen molar-refractivity contribution in [2.24, 2.45) is 5.92 Å². The molecule has 0 fully saturated rings. The summed E-state index contributed by atoms with van der Waals surface area (Å²) in [5.41, 5.74) is 1.33. The topological polar surface area (TPSA) is 37.3 Å². The van der Waals surface area contributed by atoms with Crippen molar-refractivity contribution in [2.75, 3.05) is 0 Å². The summed E-state index contributed by atoms with van der Waals surface area (Å²) in [7, 11) is 0. The minimum absolute atomic E-state index is 0.318. The number of carboxylic acids is 1. The number of carbonyl (C=O) groups is 1. The summed E-state index contributed by atoms with van der Waals surface area (Å²) >= 11 is 7.42. The van der Waals surface area contributed by atoms with Gasteiger partial charge in [-0.2, -0.15) is 0 Å². The molecule has 1 aliphatic rings. The SMILES string of the molecule is CC1Cc2sc(Cl)c(C(=O)O)c2C(C)C1. The van der Waals surface area contributed by atoms with Gasteiger partial charge in [0.25, 0.3) is 0 Å². The van der Waals surface area contributed by atoms with Crippen LogP contribution in [-0.4, -0.2) is 11.1 Å². The summed E-state index contributed by atoms with van der Waals surface area (Å²) in [4.78, 5) is 12.3. The van der Waals surface area contributed by atoms with Crippen molar-refractivity contribution in [1.29, 1.82) is 0 Å². The molecule has 2 atom stereocenters. The highest BCUT2D eigenvalue weighted by molar-refractivity contribution is 7.16. The van der Waals surface area contributed by atoms with Crippen molar-refractivity contribution in [3.05, 3.63) is 20.3 Å². The molecular weight excluding hydrogens is 232 g/mol. The monoisotopic (exact) mass is 244 g/mol. The molecule has 0 radical (unpaired) electrons. The first-order valence-electron chi connectivity index (χ1n) is 5.05. The molecule has 1 heterocycles.